The van der Waals surface area contributed by atoms with E-state index in [4.69, 9.17) is 9.47 Å². The highest BCUT2D eigenvalue weighted by Gasteiger charge is 2.32. The molecule has 1 aliphatic carbocycles. The molecule has 0 amide bonds. The molecule has 0 unspecified atom stereocenters. The van der Waals surface area contributed by atoms with E-state index in [2.05, 4.69) is 81.5 Å². The average Bonchev–Trinajstić information content (AvgIpc) is 3.08. The van der Waals surface area contributed by atoms with Gasteiger partial charge in [-0.3, -0.25) is 0 Å². The summed E-state index contributed by atoms with van der Waals surface area (Å²) in [5.41, 5.74) is 0. The highest BCUT2D eigenvalue weighted by atomic mass is 16.5. The van der Waals surface area contributed by atoms with E-state index in [0.29, 0.717) is 6.10 Å². The fourth-order valence-electron chi connectivity index (χ4n) is 6.88. The first-order chi connectivity index (χ1) is 23.7. The first-order valence-corrected chi connectivity index (χ1v) is 21.1. The van der Waals surface area contributed by atoms with Gasteiger partial charge in [-0.15, -0.1) is 0 Å². The van der Waals surface area contributed by atoms with Crippen LogP contribution >= 0.6 is 0 Å². The van der Waals surface area contributed by atoms with Crippen LogP contribution in [0.2, 0.25) is 0 Å². The molecule has 0 aromatic heterocycles. The van der Waals surface area contributed by atoms with Crippen LogP contribution < -0.4 is 0 Å². The number of hydrogen-bond donors (Lipinski definition) is 0. The van der Waals surface area contributed by atoms with Gasteiger partial charge in [-0.05, 0) is 116 Å². The van der Waals surface area contributed by atoms with Crippen LogP contribution in [0.25, 0.3) is 0 Å². The molecule has 1 saturated carbocycles. The molecule has 0 heterocycles. The molecule has 0 radical (unpaired) electrons. The Morgan fingerprint density at radius 3 is 1.29 bits per heavy atom. The minimum atomic E-state index is 0.284. The number of rotatable bonds is 34. The summed E-state index contributed by atoms with van der Waals surface area (Å²) in [6.45, 7) is 7.52. The van der Waals surface area contributed by atoms with Crippen molar-refractivity contribution >= 4 is 0 Å². The van der Waals surface area contributed by atoms with E-state index in [1.54, 1.807) is 0 Å². The van der Waals surface area contributed by atoms with E-state index >= 15 is 0 Å². The van der Waals surface area contributed by atoms with Gasteiger partial charge in [-0.25, -0.2) is 0 Å². The molecule has 0 aliphatic heterocycles. The Labute approximate surface area is 301 Å². The van der Waals surface area contributed by atoms with Crippen molar-refractivity contribution < 1.29 is 9.47 Å². The van der Waals surface area contributed by atoms with Crippen molar-refractivity contribution in [3.8, 4) is 0 Å². The maximum atomic E-state index is 6.54. The van der Waals surface area contributed by atoms with Crippen LogP contribution in [0.1, 0.15) is 187 Å². The lowest BCUT2D eigenvalue weighted by atomic mass is 9.84. The monoisotopic (exact) mass is 670 g/mol. The van der Waals surface area contributed by atoms with E-state index in [9.17, 15) is 0 Å². The molecule has 3 atom stereocenters. The largest absolute Gasteiger partial charge is 0.376 e. The highest BCUT2D eigenvalue weighted by Crippen LogP contribution is 2.30. The normalized spacial score (nSPS) is 19.0. The Morgan fingerprint density at radius 1 is 0.458 bits per heavy atom. The molecule has 280 valence electrons. The average molecular weight is 670 g/mol. The van der Waals surface area contributed by atoms with Crippen molar-refractivity contribution in [1.29, 1.82) is 0 Å². The van der Waals surface area contributed by atoms with Gasteiger partial charge in [0.05, 0.1) is 12.2 Å². The second-order valence-electron chi connectivity index (χ2n) is 14.9. The van der Waals surface area contributed by atoms with Crippen LogP contribution in [-0.4, -0.2) is 51.0 Å². The van der Waals surface area contributed by atoms with Gasteiger partial charge < -0.3 is 14.4 Å². The SMILES string of the molecule is CCCCC/C=C\C/C=C\CCCCCCCCO[C@H]1C[C@H](CN(C)C)CC[C@H]1OCCCCCCCC/C=C\C/C=C\CCCCC. The lowest BCUT2D eigenvalue weighted by Crippen LogP contribution is -2.40. The van der Waals surface area contributed by atoms with Crippen molar-refractivity contribution in [2.24, 2.45) is 5.92 Å². The zero-order valence-corrected chi connectivity index (χ0v) is 32.8. The molecule has 0 aromatic carbocycles. The molecule has 48 heavy (non-hydrogen) atoms. The van der Waals surface area contributed by atoms with Gasteiger partial charge in [-0.1, -0.05) is 140 Å². The molecule has 1 aliphatic rings. The van der Waals surface area contributed by atoms with Crippen LogP contribution in [0, 0.1) is 5.92 Å². The number of nitrogens with zero attached hydrogens (tertiary/aromatic N) is 1. The topological polar surface area (TPSA) is 21.7 Å². The Morgan fingerprint density at radius 2 is 0.854 bits per heavy atom. The first kappa shape index (κ1) is 44.9. The molecule has 0 spiro atoms. The number of hydrogen-bond acceptors (Lipinski definition) is 3. The molecular formula is C45H83NO2. The molecule has 0 N–H and O–H groups in total. The molecular weight excluding hydrogens is 587 g/mol. The van der Waals surface area contributed by atoms with Gasteiger partial charge in [0.2, 0.25) is 0 Å². The van der Waals surface area contributed by atoms with E-state index in [0.717, 1.165) is 44.8 Å². The molecule has 1 fully saturated rings. The maximum absolute atomic E-state index is 6.54. The zero-order valence-electron chi connectivity index (χ0n) is 32.8. The predicted molar refractivity (Wildman–Crippen MR) is 214 cm³/mol. The first-order valence-electron chi connectivity index (χ1n) is 21.1. The fourth-order valence-corrected chi connectivity index (χ4v) is 6.88. The van der Waals surface area contributed by atoms with E-state index in [1.165, 1.54) is 154 Å². The number of allylic oxidation sites excluding steroid dienone is 8. The van der Waals surface area contributed by atoms with Crippen LogP contribution in [0.4, 0.5) is 0 Å². The van der Waals surface area contributed by atoms with Crippen molar-refractivity contribution in [3.63, 3.8) is 0 Å². The highest BCUT2D eigenvalue weighted by molar-refractivity contribution is 4.93. The third-order valence-electron chi connectivity index (χ3n) is 9.82. The minimum absolute atomic E-state index is 0.284. The molecule has 0 saturated heterocycles. The Hall–Kier alpha value is -1.16. The summed E-state index contributed by atoms with van der Waals surface area (Å²) in [7, 11) is 4.41. The van der Waals surface area contributed by atoms with Gasteiger partial charge in [0, 0.05) is 19.8 Å². The smallest absolute Gasteiger partial charge is 0.0839 e. The third kappa shape index (κ3) is 29.7. The van der Waals surface area contributed by atoms with Crippen LogP contribution in [-0.2, 0) is 9.47 Å². The number of unbranched alkanes of at least 4 members (excludes halogenated alkanes) is 18. The van der Waals surface area contributed by atoms with Crippen molar-refractivity contribution in [2.75, 3.05) is 33.9 Å². The van der Waals surface area contributed by atoms with Crippen LogP contribution in [0.5, 0.6) is 0 Å². The summed E-state index contributed by atoms with van der Waals surface area (Å²) in [6.07, 6.45) is 54.0. The molecule has 3 nitrogen and oxygen atoms in total. The van der Waals surface area contributed by atoms with E-state index < -0.39 is 0 Å². The summed E-state index contributed by atoms with van der Waals surface area (Å²) < 4.78 is 13.0. The second-order valence-corrected chi connectivity index (χ2v) is 14.9. The van der Waals surface area contributed by atoms with E-state index in [-0.39, 0.29) is 6.10 Å². The van der Waals surface area contributed by atoms with Crippen molar-refractivity contribution in [2.45, 2.75) is 199 Å². The maximum Gasteiger partial charge on any atom is 0.0839 e. The fraction of sp³-hybridized carbons (Fsp3) is 0.822. The lowest BCUT2D eigenvalue weighted by molar-refractivity contribution is -0.105. The van der Waals surface area contributed by atoms with Crippen LogP contribution in [0.15, 0.2) is 48.6 Å². The van der Waals surface area contributed by atoms with Gasteiger partial charge in [0.15, 0.2) is 0 Å². The molecule has 0 bridgehead atoms. The van der Waals surface area contributed by atoms with Gasteiger partial charge >= 0.3 is 0 Å². The standard InChI is InChI=1S/C45H83NO2/c1-5-7-9-11-13-15-17-19-21-23-25-27-29-31-33-35-39-47-44-38-37-43(42-46(3)4)41-45(44)48-40-36-34-32-30-28-26-24-22-20-18-16-14-12-10-8-6-2/h13-16,19-22,43-45H,5-12,17-18,23-42H2,1-4H3/b15-13-,16-14-,21-19-,22-20-/t43-,44-,45+/m1/s1. The summed E-state index contributed by atoms with van der Waals surface area (Å²) in [5, 5.41) is 0. The lowest BCUT2D eigenvalue weighted by Gasteiger charge is -2.37. The van der Waals surface area contributed by atoms with Gasteiger partial charge in [0.1, 0.15) is 0 Å². The summed E-state index contributed by atoms with van der Waals surface area (Å²) in [4.78, 5) is 2.34. The molecule has 3 heteroatoms. The van der Waals surface area contributed by atoms with E-state index in [1.807, 2.05) is 0 Å². The Balaban J connectivity index is 2.09. The van der Waals surface area contributed by atoms with Gasteiger partial charge in [-0.2, -0.15) is 0 Å². The van der Waals surface area contributed by atoms with Crippen molar-refractivity contribution in [3.05, 3.63) is 48.6 Å². The summed E-state index contributed by atoms with van der Waals surface area (Å²) >= 11 is 0. The van der Waals surface area contributed by atoms with Crippen LogP contribution in [0.3, 0.4) is 0 Å². The summed E-state index contributed by atoms with van der Waals surface area (Å²) in [5.74, 6) is 0.738. The van der Waals surface area contributed by atoms with Crippen molar-refractivity contribution in [1.82, 2.24) is 4.90 Å². The Bertz CT molecular complexity index is 769. The zero-order chi connectivity index (χ0) is 34.6. The summed E-state index contributed by atoms with van der Waals surface area (Å²) in [6, 6.07) is 0. The van der Waals surface area contributed by atoms with Gasteiger partial charge in [0.25, 0.3) is 0 Å². The molecule has 0 aromatic rings. The number of ether oxygens (including phenoxy) is 2. The molecule has 1 rings (SSSR count). The second kappa shape index (κ2) is 35.7. The predicted octanol–water partition coefficient (Wildman–Crippen LogP) is 13.7. The third-order valence-corrected chi connectivity index (χ3v) is 9.82. The minimum Gasteiger partial charge on any atom is -0.376 e. The quantitative estimate of drug-likeness (QED) is 0.0503. The Kier molecular flexibility index (Phi) is 33.3.